The maximum absolute atomic E-state index is 12.7. The Balaban J connectivity index is 1.96. The summed E-state index contributed by atoms with van der Waals surface area (Å²) in [5.41, 5.74) is 1.38. The van der Waals surface area contributed by atoms with E-state index in [1.165, 1.54) is 7.11 Å². The van der Waals surface area contributed by atoms with E-state index in [9.17, 15) is 9.59 Å². The summed E-state index contributed by atoms with van der Waals surface area (Å²) < 4.78 is 12.1. The van der Waals surface area contributed by atoms with Crippen molar-refractivity contribution in [1.82, 2.24) is 14.3 Å². The molecule has 1 amide bonds. The van der Waals surface area contributed by atoms with Crippen molar-refractivity contribution in [2.45, 2.75) is 26.7 Å². The molecule has 0 fully saturated rings. The van der Waals surface area contributed by atoms with Crippen molar-refractivity contribution < 1.29 is 18.7 Å². The molecule has 0 aliphatic carbocycles. The maximum atomic E-state index is 12.7. The Morgan fingerprint density at radius 3 is 2.57 bits per heavy atom. The number of fused-ring (bicyclic) bond motifs is 1. The number of nitrogens with one attached hydrogen (secondary N) is 1. The fourth-order valence-corrected chi connectivity index (χ4v) is 3.39. The second-order valence-electron chi connectivity index (χ2n) is 6.78. The van der Waals surface area contributed by atoms with E-state index in [1.54, 1.807) is 34.9 Å². The van der Waals surface area contributed by atoms with Gasteiger partial charge in [-0.1, -0.05) is 13.8 Å². The van der Waals surface area contributed by atoms with Crippen molar-refractivity contribution in [3.05, 3.63) is 41.2 Å². The summed E-state index contributed by atoms with van der Waals surface area (Å²) in [4.78, 5) is 31.0. The van der Waals surface area contributed by atoms with Gasteiger partial charge in [0.25, 0.3) is 0 Å². The number of aromatic nitrogens is 2. The van der Waals surface area contributed by atoms with Gasteiger partial charge in [0.15, 0.2) is 11.0 Å². The van der Waals surface area contributed by atoms with Gasteiger partial charge in [-0.25, -0.2) is 9.78 Å². The molecule has 3 aromatic heterocycles. The van der Waals surface area contributed by atoms with Crippen LogP contribution < -0.4 is 5.32 Å². The van der Waals surface area contributed by atoms with Gasteiger partial charge < -0.3 is 19.4 Å². The number of methoxy groups -OCH3 is 1. The topological polar surface area (TPSA) is 89.1 Å². The molecular weight excluding hydrogens is 408 g/mol. The molecule has 3 aromatic rings. The Kier molecular flexibility index (Phi) is 6.99. The number of hydrogen-bond donors (Lipinski definition) is 1. The SMILES string of the molecule is CCCN(CCC)C(=O)CNc1c(-c2ccc(Cl)o2)nc2cc(C(=O)OC)ccn12. The first-order chi connectivity index (χ1) is 14.5. The molecule has 3 heterocycles. The zero-order chi connectivity index (χ0) is 21.7. The highest BCUT2D eigenvalue weighted by atomic mass is 35.5. The van der Waals surface area contributed by atoms with Gasteiger partial charge in [-0.3, -0.25) is 9.20 Å². The van der Waals surface area contributed by atoms with Crippen LogP contribution in [0.2, 0.25) is 5.22 Å². The van der Waals surface area contributed by atoms with Crippen molar-refractivity contribution >= 4 is 34.9 Å². The minimum absolute atomic E-state index is 0.00302. The van der Waals surface area contributed by atoms with Crippen molar-refractivity contribution in [2.24, 2.45) is 0 Å². The third-order valence-corrected chi connectivity index (χ3v) is 4.80. The molecule has 30 heavy (non-hydrogen) atoms. The Morgan fingerprint density at radius 1 is 1.23 bits per heavy atom. The third-order valence-electron chi connectivity index (χ3n) is 4.60. The van der Waals surface area contributed by atoms with Gasteiger partial charge in [0.05, 0.1) is 19.2 Å². The Labute approximate surface area is 179 Å². The van der Waals surface area contributed by atoms with E-state index in [0.29, 0.717) is 41.6 Å². The van der Waals surface area contributed by atoms with Crippen LogP contribution in [0.3, 0.4) is 0 Å². The van der Waals surface area contributed by atoms with Crippen LogP contribution >= 0.6 is 11.6 Å². The molecule has 160 valence electrons. The summed E-state index contributed by atoms with van der Waals surface area (Å²) in [5.74, 6) is 0.580. The van der Waals surface area contributed by atoms with Crippen LogP contribution in [-0.4, -0.2) is 52.9 Å². The average molecular weight is 433 g/mol. The zero-order valence-corrected chi connectivity index (χ0v) is 18.0. The largest absolute Gasteiger partial charge is 0.465 e. The highest BCUT2D eigenvalue weighted by molar-refractivity contribution is 6.29. The number of halogens is 1. The van der Waals surface area contributed by atoms with Gasteiger partial charge in [-0.05, 0) is 48.7 Å². The van der Waals surface area contributed by atoms with Gasteiger partial charge >= 0.3 is 5.97 Å². The predicted octanol–water partition coefficient (Wildman–Crippen LogP) is 4.09. The smallest absolute Gasteiger partial charge is 0.338 e. The van der Waals surface area contributed by atoms with Crippen LogP contribution in [0.15, 0.2) is 34.9 Å². The lowest BCUT2D eigenvalue weighted by Crippen LogP contribution is -2.36. The summed E-state index contributed by atoms with van der Waals surface area (Å²) in [6, 6.07) is 6.58. The molecule has 8 nitrogen and oxygen atoms in total. The molecule has 9 heteroatoms. The van der Waals surface area contributed by atoms with E-state index in [1.807, 2.05) is 18.7 Å². The minimum Gasteiger partial charge on any atom is -0.465 e. The molecule has 1 N–H and O–H groups in total. The second-order valence-corrected chi connectivity index (χ2v) is 7.15. The number of nitrogens with zero attached hydrogens (tertiary/aromatic N) is 3. The molecule has 0 aromatic carbocycles. The number of pyridine rings is 1. The normalized spacial score (nSPS) is 10.9. The fourth-order valence-electron chi connectivity index (χ4n) is 3.24. The predicted molar refractivity (Wildman–Crippen MR) is 115 cm³/mol. The van der Waals surface area contributed by atoms with Crippen molar-refractivity contribution in [3.8, 4) is 11.5 Å². The van der Waals surface area contributed by atoms with Gasteiger partial charge in [-0.2, -0.15) is 0 Å². The molecule has 0 atom stereocenters. The summed E-state index contributed by atoms with van der Waals surface area (Å²) in [6.07, 6.45) is 3.49. The molecule has 0 aliphatic heterocycles. The first-order valence-corrected chi connectivity index (χ1v) is 10.2. The number of hydrogen-bond acceptors (Lipinski definition) is 6. The summed E-state index contributed by atoms with van der Waals surface area (Å²) in [6.45, 7) is 5.63. The molecule has 0 aliphatic rings. The first-order valence-electron chi connectivity index (χ1n) is 9.86. The highest BCUT2D eigenvalue weighted by Crippen LogP contribution is 2.31. The van der Waals surface area contributed by atoms with E-state index in [0.717, 1.165) is 12.8 Å². The number of furan rings is 1. The maximum Gasteiger partial charge on any atom is 0.338 e. The van der Waals surface area contributed by atoms with Crippen molar-refractivity contribution in [2.75, 3.05) is 32.1 Å². The number of rotatable bonds is 9. The van der Waals surface area contributed by atoms with Gasteiger partial charge in [-0.15, -0.1) is 0 Å². The van der Waals surface area contributed by atoms with Gasteiger partial charge in [0.1, 0.15) is 17.2 Å². The molecular formula is C21H25ClN4O4. The molecule has 0 radical (unpaired) electrons. The van der Waals surface area contributed by atoms with E-state index in [-0.39, 0.29) is 17.7 Å². The van der Waals surface area contributed by atoms with Crippen LogP contribution in [0.1, 0.15) is 37.0 Å². The van der Waals surface area contributed by atoms with Crippen LogP contribution in [0, 0.1) is 0 Å². The van der Waals surface area contributed by atoms with Crippen LogP contribution in [-0.2, 0) is 9.53 Å². The summed E-state index contributed by atoms with van der Waals surface area (Å²) in [5, 5.41) is 3.43. The van der Waals surface area contributed by atoms with Crippen LogP contribution in [0.5, 0.6) is 0 Å². The lowest BCUT2D eigenvalue weighted by atomic mass is 10.3. The fraction of sp³-hybridized carbons (Fsp3) is 0.381. The molecule has 0 spiro atoms. The number of amides is 1. The first kappa shape index (κ1) is 21.7. The Morgan fingerprint density at radius 2 is 1.97 bits per heavy atom. The molecule has 3 rings (SSSR count). The van der Waals surface area contributed by atoms with Gasteiger partial charge in [0.2, 0.25) is 5.91 Å². The lowest BCUT2D eigenvalue weighted by molar-refractivity contribution is -0.129. The number of anilines is 1. The van der Waals surface area contributed by atoms with Crippen molar-refractivity contribution in [3.63, 3.8) is 0 Å². The Bertz CT molecular complexity index is 1040. The van der Waals surface area contributed by atoms with E-state index < -0.39 is 5.97 Å². The minimum atomic E-state index is -0.456. The van der Waals surface area contributed by atoms with E-state index >= 15 is 0 Å². The lowest BCUT2D eigenvalue weighted by Gasteiger charge is -2.22. The van der Waals surface area contributed by atoms with E-state index in [2.05, 4.69) is 10.3 Å². The summed E-state index contributed by atoms with van der Waals surface area (Å²) in [7, 11) is 1.32. The van der Waals surface area contributed by atoms with Crippen LogP contribution in [0.4, 0.5) is 5.82 Å². The number of carbonyl (C=O) groups excluding carboxylic acids is 2. The average Bonchev–Trinajstić information content (AvgIpc) is 3.33. The highest BCUT2D eigenvalue weighted by Gasteiger charge is 2.20. The monoisotopic (exact) mass is 432 g/mol. The van der Waals surface area contributed by atoms with Crippen LogP contribution in [0.25, 0.3) is 17.1 Å². The molecule has 0 bridgehead atoms. The molecule has 0 unspecified atom stereocenters. The molecule has 0 saturated heterocycles. The van der Waals surface area contributed by atoms with Gasteiger partial charge in [0, 0.05) is 19.3 Å². The number of esters is 1. The quantitative estimate of drug-likeness (QED) is 0.512. The third kappa shape index (κ3) is 4.59. The number of ether oxygens (including phenoxy) is 1. The molecule has 0 saturated carbocycles. The Hall–Kier alpha value is -3.00. The zero-order valence-electron chi connectivity index (χ0n) is 17.3. The van der Waals surface area contributed by atoms with E-state index in [4.69, 9.17) is 20.8 Å². The summed E-state index contributed by atoms with van der Waals surface area (Å²) >= 11 is 5.94. The standard InChI is InChI=1S/C21H25ClN4O4/c1-4-9-25(10-5-2)18(27)13-23-20-19(15-6-7-16(22)30-15)24-17-12-14(21(28)29-3)8-11-26(17)20/h6-8,11-12,23H,4-5,9-10,13H2,1-3H3. The van der Waals surface area contributed by atoms with Crippen molar-refractivity contribution in [1.29, 1.82) is 0 Å². The number of carbonyl (C=O) groups is 2. The second kappa shape index (κ2) is 9.67. The number of imidazole rings is 1.